The second kappa shape index (κ2) is 5.30. The summed E-state index contributed by atoms with van der Waals surface area (Å²) in [6.07, 6.45) is -0.0110. The van der Waals surface area contributed by atoms with Crippen LogP contribution in [0, 0.1) is 13.5 Å². The smallest absolute Gasteiger partial charge is 0.205 e. The van der Waals surface area contributed by atoms with Gasteiger partial charge in [-0.2, -0.15) is 5.10 Å². The Morgan fingerprint density at radius 2 is 2.29 bits per heavy atom. The minimum atomic E-state index is -0.436. The first-order valence-electron chi connectivity index (χ1n) is 6.81. The SMILES string of the molecule is [C-]#[N+]c1ccc(C2=NN3CC[C@H](O)[C@H]3[C@@H]2OC)c(C)c1Cl. The summed E-state index contributed by atoms with van der Waals surface area (Å²) in [7, 11) is 1.62. The maximum absolute atomic E-state index is 10.1. The highest BCUT2D eigenvalue weighted by Gasteiger charge is 2.46. The van der Waals surface area contributed by atoms with Crippen molar-refractivity contribution in [1.82, 2.24) is 5.01 Å². The van der Waals surface area contributed by atoms with Gasteiger partial charge in [-0.1, -0.05) is 23.7 Å². The van der Waals surface area contributed by atoms with Crippen molar-refractivity contribution >= 4 is 23.0 Å². The predicted molar refractivity (Wildman–Crippen MR) is 80.9 cm³/mol. The number of halogens is 1. The average Bonchev–Trinajstić information content (AvgIpc) is 3.02. The molecule has 0 bridgehead atoms. The van der Waals surface area contributed by atoms with E-state index >= 15 is 0 Å². The molecule has 0 amide bonds. The maximum Gasteiger partial charge on any atom is 0.205 e. The lowest BCUT2D eigenvalue weighted by Crippen LogP contribution is -2.41. The fraction of sp³-hybridized carbons (Fsp3) is 0.467. The Labute approximate surface area is 128 Å². The molecule has 1 aromatic rings. The van der Waals surface area contributed by atoms with Gasteiger partial charge in [0.15, 0.2) is 0 Å². The second-order valence-electron chi connectivity index (χ2n) is 5.33. The molecule has 6 heteroatoms. The van der Waals surface area contributed by atoms with E-state index in [1.165, 1.54) is 0 Å². The molecule has 21 heavy (non-hydrogen) atoms. The third-order valence-electron chi connectivity index (χ3n) is 4.22. The Morgan fingerprint density at radius 3 is 2.95 bits per heavy atom. The molecule has 0 spiro atoms. The zero-order valence-electron chi connectivity index (χ0n) is 11.9. The first kappa shape index (κ1) is 14.3. The van der Waals surface area contributed by atoms with Crippen LogP contribution in [-0.4, -0.2) is 47.7 Å². The highest BCUT2D eigenvalue weighted by molar-refractivity contribution is 6.34. The minimum Gasteiger partial charge on any atom is -0.391 e. The van der Waals surface area contributed by atoms with Crippen molar-refractivity contribution < 1.29 is 9.84 Å². The molecule has 5 nitrogen and oxygen atoms in total. The Bertz CT molecular complexity index is 653. The van der Waals surface area contributed by atoms with Crippen LogP contribution in [0.15, 0.2) is 17.2 Å². The van der Waals surface area contributed by atoms with Gasteiger partial charge in [0.05, 0.1) is 23.4 Å². The number of hydrogen-bond acceptors (Lipinski definition) is 4. The molecule has 0 saturated carbocycles. The van der Waals surface area contributed by atoms with E-state index in [1.807, 2.05) is 18.0 Å². The molecule has 1 N–H and O–H groups in total. The van der Waals surface area contributed by atoms with E-state index in [2.05, 4.69) is 9.95 Å². The van der Waals surface area contributed by atoms with Crippen LogP contribution in [0.25, 0.3) is 4.85 Å². The molecule has 1 aromatic carbocycles. The van der Waals surface area contributed by atoms with E-state index in [1.54, 1.807) is 13.2 Å². The Hall–Kier alpha value is -1.61. The number of aliphatic hydroxyl groups excluding tert-OH is 1. The van der Waals surface area contributed by atoms with Crippen molar-refractivity contribution in [3.8, 4) is 0 Å². The molecule has 0 unspecified atom stereocenters. The van der Waals surface area contributed by atoms with Crippen molar-refractivity contribution in [3.63, 3.8) is 0 Å². The molecular formula is C15H16ClN3O2. The summed E-state index contributed by atoms with van der Waals surface area (Å²) in [4.78, 5) is 3.40. The van der Waals surface area contributed by atoms with Gasteiger partial charge in [-0.25, -0.2) is 4.85 Å². The molecular weight excluding hydrogens is 290 g/mol. The van der Waals surface area contributed by atoms with E-state index in [4.69, 9.17) is 22.9 Å². The average molecular weight is 306 g/mol. The molecule has 3 rings (SSSR count). The van der Waals surface area contributed by atoms with Gasteiger partial charge in [0.1, 0.15) is 12.1 Å². The zero-order valence-corrected chi connectivity index (χ0v) is 12.6. The third kappa shape index (κ3) is 2.11. The molecule has 0 aliphatic carbocycles. The lowest BCUT2D eigenvalue weighted by molar-refractivity contribution is 0.0393. The number of rotatable bonds is 2. The monoisotopic (exact) mass is 305 g/mol. The molecule has 3 atom stereocenters. The summed E-state index contributed by atoms with van der Waals surface area (Å²) in [5.41, 5.74) is 2.91. The van der Waals surface area contributed by atoms with Gasteiger partial charge in [0.2, 0.25) is 5.69 Å². The number of aliphatic hydroxyl groups is 1. The molecule has 1 saturated heterocycles. The number of hydrazone groups is 1. The number of nitrogens with zero attached hydrogens (tertiary/aromatic N) is 3. The van der Waals surface area contributed by atoms with E-state index in [-0.39, 0.29) is 12.1 Å². The van der Waals surface area contributed by atoms with Gasteiger partial charge in [-0.05, 0) is 18.9 Å². The van der Waals surface area contributed by atoms with Crippen LogP contribution in [0.1, 0.15) is 17.5 Å². The first-order chi connectivity index (χ1) is 10.1. The summed E-state index contributed by atoms with van der Waals surface area (Å²) in [5, 5.41) is 17.1. The lowest BCUT2D eigenvalue weighted by atomic mass is 9.95. The molecule has 2 aliphatic rings. The van der Waals surface area contributed by atoms with Gasteiger partial charge < -0.3 is 9.84 Å². The van der Waals surface area contributed by atoms with Crippen molar-refractivity contribution in [2.45, 2.75) is 31.6 Å². The topological polar surface area (TPSA) is 49.4 Å². The van der Waals surface area contributed by atoms with E-state index < -0.39 is 6.10 Å². The number of methoxy groups -OCH3 is 1. The summed E-state index contributed by atoms with van der Waals surface area (Å²) in [6.45, 7) is 9.71. The molecule has 0 aromatic heterocycles. The van der Waals surface area contributed by atoms with Crippen molar-refractivity contribution in [2.24, 2.45) is 5.10 Å². The standard InChI is InChI=1S/C15H16ClN3O2/c1-8-9(4-5-10(17-2)12(8)16)13-15(21-3)14-11(20)6-7-19(14)18-13/h4-5,11,14-15,20H,6-7H2,1,3H3/t11-,14-,15+/m0/s1. The summed E-state index contributed by atoms with van der Waals surface area (Å²) in [6, 6.07) is 3.42. The lowest BCUT2D eigenvalue weighted by Gasteiger charge is -2.23. The van der Waals surface area contributed by atoms with Gasteiger partial charge in [-0.15, -0.1) is 0 Å². The Balaban J connectivity index is 2.05. The number of benzene rings is 1. The third-order valence-corrected chi connectivity index (χ3v) is 4.70. The van der Waals surface area contributed by atoms with Crippen molar-refractivity contribution in [3.05, 3.63) is 39.7 Å². The van der Waals surface area contributed by atoms with Crippen LogP contribution >= 0.6 is 11.6 Å². The van der Waals surface area contributed by atoms with Crippen LogP contribution in [-0.2, 0) is 4.74 Å². The van der Waals surface area contributed by atoms with E-state index in [0.29, 0.717) is 17.1 Å². The number of ether oxygens (including phenoxy) is 1. The van der Waals surface area contributed by atoms with E-state index in [9.17, 15) is 5.11 Å². The van der Waals surface area contributed by atoms with Crippen molar-refractivity contribution in [2.75, 3.05) is 13.7 Å². The fourth-order valence-corrected chi connectivity index (χ4v) is 3.31. The summed E-state index contributed by atoms with van der Waals surface area (Å²) < 4.78 is 5.58. The molecule has 110 valence electrons. The van der Waals surface area contributed by atoms with Gasteiger partial charge >= 0.3 is 0 Å². The van der Waals surface area contributed by atoms with Gasteiger partial charge in [-0.3, -0.25) is 5.01 Å². The summed E-state index contributed by atoms with van der Waals surface area (Å²) in [5.74, 6) is 0. The second-order valence-corrected chi connectivity index (χ2v) is 5.71. The van der Waals surface area contributed by atoms with Gasteiger partial charge in [0.25, 0.3) is 0 Å². The predicted octanol–water partition coefficient (Wildman–Crippen LogP) is 2.37. The highest BCUT2D eigenvalue weighted by atomic mass is 35.5. The molecule has 2 heterocycles. The Morgan fingerprint density at radius 1 is 1.52 bits per heavy atom. The van der Waals surface area contributed by atoms with E-state index in [0.717, 1.165) is 23.4 Å². The quantitative estimate of drug-likeness (QED) is 0.853. The van der Waals surface area contributed by atoms with Crippen LogP contribution in [0.4, 0.5) is 5.69 Å². The highest BCUT2D eigenvalue weighted by Crippen LogP contribution is 2.36. The van der Waals surface area contributed by atoms with Gasteiger partial charge in [0, 0.05) is 19.2 Å². The summed E-state index contributed by atoms with van der Waals surface area (Å²) >= 11 is 6.24. The van der Waals surface area contributed by atoms with Crippen LogP contribution in [0.2, 0.25) is 5.02 Å². The molecule has 2 aliphatic heterocycles. The maximum atomic E-state index is 10.1. The Kier molecular flexibility index (Phi) is 3.62. The molecule has 0 radical (unpaired) electrons. The van der Waals surface area contributed by atoms with Crippen molar-refractivity contribution in [1.29, 1.82) is 0 Å². The largest absolute Gasteiger partial charge is 0.391 e. The first-order valence-corrected chi connectivity index (χ1v) is 7.19. The number of fused-ring (bicyclic) bond motifs is 1. The zero-order chi connectivity index (χ0) is 15.1. The minimum absolute atomic E-state index is 0.135. The fourth-order valence-electron chi connectivity index (χ4n) is 3.11. The normalized spacial score (nSPS) is 27.5. The van der Waals surface area contributed by atoms with Crippen LogP contribution in [0.3, 0.4) is 0 Å². The number of hydrogen-bond donors (Lipinski definition) is 1. The van der Waals surface area contributed by atoms with Crippen LogP contribution in [0.5, 0.6) is 0 Å². The molecule has 1 fully saturated rings. The van der Waals surface area contributed by atoms with Crippen LogP contribution < -0.4 is 0 Å².